The minimum absolute atomic E-state index is 0.0915. The van der Waals surface area contributed by atoms with E-state index in [1.54, 1.807) is 11.8 Å². The van der Waals surface area contributed by atoms with Crippen LogP contribution in [0.2, 0.25) is 0 Å². The third kappa shape index (κ3) is 2.36. The van der Waals surface area contributed by atoms with Crippen molar-refractivity contribution in [3.05, 3.63) is 30.0 Å². The molecular weight excluding hydrogens is 244 g/mol. The topological polar surface area (TPSA) is 56.7 Å². The van der Waals surface area contributed by atoms with Gasteiger partial charge in [0.05, 0.1) is 11.4 Å². The molecule has 0 atom stereocenters. The molecule has 2 rings (SSSR count). The van der Waals surface area contributed by atoms with Crippen molar-refractivity contribution in [2.75, 3.05) is 12.0 Å². The number of thioether (sulfide) groups is 1. The van der Waals surface area contributed by atoms with E-state index >= 15 is 0 Å². The lowest BCUT2D eigenvalue weighted by Gasteiger charge is -2.20. The number of rotatable bonds is 2. The smallest absolute Gasteiger partial charge is 0.170 e. The fourth-order valence-electron chi connectivity index (χ4n) is 1.90. The predicted molar refractivity (Wildman–Crippen MR) is 76.3 cm³/mol. The van der Waals surface area contributed by atoms with E-state index in [4.69, 9.17) is 5.73 Å². The molecule has 0 bridgehead atoms. The van der Waals surface area contributed by atoms with Crippen LogP contribution in [-0.2, 0) is 5.41 Å². The number of anilines is 1. The highest BCUT2D eigenvalue weighted by molar-refractivity contribution is 7.98. The van der Waals surface area contributed by atoms with E-state index in [1.807, 2.05) is 16.8 Å². The first-order chi connectivity index (χ1) is 8.43. The molecule has 0 amide bonds. The van der Waals surface area contributed by atoms with Crippen molar-refractivity contribution < 1.29 is 0 Å². The third-order valence-electron chi connectivity index (χ3n) is 2.72. The van der Waals surface area contributed by atoms with Gasteiger partial charge in [-0.05, 0) is 30.5 Å². The maximum atomic E-state index is 5.92. The van der Waals surface area contributed by atoms with Crippen LogP contribution in [0.4, 0.5) is 5.82 Å². The number of hydrogen-bond acceptors (Lipinski definition) is 4. The summed E-state index contributed by atoms with van der Waals surface area (Å²) in [5.74, 6) is 0.497. The molecule has 96 valence electrons. The minimum atomic E-state index is -0.0915. The Labute approximate surface area is 112 Å². The Hall–Kier alpha value is -1.49. The van der Waals surface area contributed by atoms with Gasteiger partial charge in [0, 0.05) is 10.3 Å². The van der Waals surface area contributed by atoms with Crippen LogP contribution in [0.15, 0.2) is 29.2 Å². The quantitative estimate of drug-likeness (QED) is 0.845. The first-order valence-electron chi connectivity index (χ1n) is 5.79. The number of hydrogen-bond donors (Lipinski definition) is 1. The zero-order valence-corrected chi connectivity index (χ0v) is 12.0. The molecule has 2 N–H and O–H groups in total. The van der Waals surface area contributed by atoms with Gasteiger partial charge in [-0.2, -0.15) is 0 Å². The molecule has 0 aliphatic carbocycles. The average Bonchev–Trinajstić information content (AvgIpc) is 2.71. The van der Waals surface area contributed by atoms with E-state index in [-0.39, 0.29) is 5.41 Å². The summed E-state index contributed by atoms with van der Waals surface area (Å²) in [4.78, 5) is 1.23. The molecule has 18 heavy (non-hydrogen) atoms. The Bertz CT molecular complexity index is 537. The summed E-state index contributed by atoms with van der Waals surface area (Å²) in [5.41, 5.74) is 7.76. The second-order valence-electron chi connectivity index (χ2n) is 5.18. The van der Waals surface area contributed by atoms with Crippen LogP contribution in [0.25, 0.3) is 5.69 Å². The number of nitrogen functional groups attached to an aromatic ring is 1. The molecule has 0 aliphatic heterocycles. The lowest BCUT2D eigenvalue weighted by atomic mass is 9.91. The number of benzene rings is 1. The number of aromatic nitrogens is 3. The van der Waals surface area contributed by atoms with Crippen LogP contribution >= 0.6 is 11.8 Å². The van der Waals surface area contributed by atoms with Gasteiger partial charge in [0.2, 0.25) is 0 Å². The summed E-state index contributed by atoms with van der Waals surface area (Å²) in [6.07, 6.45) is 2.06. The first kappa shape index (κ1) is 13.0. The maximum Gasteiger partial charge on any atom is 0.170 e. The SMILES string of the molecule is CSc1ccc(-n2nnc(N)c2C(C)(C)C)cc1. The highest BCUT2D eigenvalue weighted by Gasteiger charge is 2.24. The molecule has 0 aliphatic rings. The molecule has 0 fully saturated rings. The molecule has 0 radical (unpaired) electrons. The molecular formula is C13H18N4S. The summed E-state index contributed by atoms with van der Waals surface area (Å²) < 4.78 is 1.82. The molecule has 0 saturated carbocycles. The van der Waals surface area contributed by atoms with Crippen molar-refractivity contribution in [2.45, 2.75) is 31.1 Å². The molecule has 0 unspecified atom stereocenters. The van der Waals surface area contributed by atoms with Gasteiger partial charge < -0.3 is 5.73 Å². The fourth-order valence-corrected chi connectivity index (χ4v) is 2.31. The lowest BCUT2D eigenvalue weighted by Crippen LogP contribution is -2.19. The highest BCUT2D eigenvalue weighted by Crippen LogP contribution is 2.28. The van der Waals surface area contributed by atoms with Gasteiger partial charge in [-0.25, -0.2) is 4.68 Å². The Morgan fingerprint density at radius 1 is 1.17 bits per heavy atom. The van der Waals surface area contributed by atoms with Crippen LogP contribution in [0.5, 0.6) is 0 Å². The van der Waals surface area contributed by atoms with Crippen LogP contribution in [-0.4, -0.2) is 21.2 Å². The third-order valence-corrected chi connectivity index (χ3v) is 3.47. The van der Waals surface area contributed by atoms with Gasteiger partial charge in [0.15, 0.2) is 5.82 Å². The monoisotopic (exact) mass is 262 g/mol. The van der Waals surface area contributed by atoms with Crippen LogP contribution in [0, 0.1) is 0 Å². The van der Waals surface area contributed by atoms with E-state index < -0.39 is 0 Å². The zero-order valence-electron chi connectivity index (χ0n) is 11.1. The molecule has 0 saturated heterocycles. The van der Waals surface area contributed by atoms with Crippen molar-refractivity contribution in [3.8, 4) is 5.69 Å². The minimum Gasteiger partial charge on any atom is -0.381 e. The second kappa shape index (κ2) is 4.65. The van der Waals surface area contributed by atoms with Crippen LogP contribution < -0.4 is 5.73 Å². The van der Waals surface area contributed by atoms with E-state index in [9.17, 15) is 0 Å². The number of nitrogens with zero attached hydrogens (tertiary/aromatic N) is 3. The van der Waals surface area contributed by atoms with Gasteiger partial charge in [0.25, 0.3) is 0 Å². The van der Waals surface area contributed by atoms with E-state index in [0.717, 1.165) is 11.4 Å². The van der Waals surface area contributed by atoms with Crippen molar-refractivity contribution in [1.82, 2.24) is 15.0 Å². The first-order valence-corrected chi connectivity index (χ1v) is 7.02. The lowest BCUT2D eigenvalue weighted by molar-refractivity contribution is 0.544. The molecule has 2 aromatic rings. The molecule has 1 aromatic heterocycles. The fraction of sp³-hybridized carbons (Fsp3) is 0.385. The van der Waals surface area contributed by atoms with Crippen LogP contribution in [0.3, 0.4) is 0 Å². The summed E-state index contributed by atoms with van der Waals surface area (Å²) in [5, 5.41) is 8.13. The standard InChI is InChI=1S/C13H18N4S/c1-13(2,3)11-12(14)15-16-17(11)9-5-7-10(18-4)8-6-9/h5-8H,14H2,1-4H3. The molecule has 1 aromatic carbocycles. The van der Waals surface area contributed by atoms with Gasteiger partial charge in [0.1, 0.15) is 0 Å². The van der Waals surface area contributed by atoms with Crippen molar-refractivity contribution >= 4 is 17.6 Å². The second-order valence-corrected chi connectivity index (χ2v) is 6.06. The van der Waals surface area contributed by atoms with E-state index in [1.165, 1.54) is 4.90 Å². The van der Waals surface area contributed by atoms with Crippen LogP contribution in [0.1, 0.15) is 26.5 Å². The van der Waals surface area contributed by atoms with Crippen molar-refractivity contribution in [3.63, 3.8) is 0 Å². The molecule has 1 heterocycles. The Kier molecular flexibility index (Phi) is 3.34. The number of nitrogens with two attached hydrogens (primary N) is 1. The predicted octanol–water partition coefficient (Wildman–Crippen LogP) is 2.87. The maximum absolute atomic E-state index is 5.92. The van der Waals surface area contributed by atoms with Gasteiger partial charge >= 0.3 is 0 Å². The summed E-state index contributed by atoms with van der Waals surface area (Å²) in [7, 11) is 0. The van der Waals surface area contributed by atoms with Gasteiger partial charge in [-0.3, -0.25) is 0 Å². The summed E-state index contributed by atoms with van der Waals surface area (Å²) in [6, 6.07) is 8.22. The average molecular weight is 262 g/mol. The summed E-state index contributed by atoms with van der Waals surface area (Å²) in [6.45, 7) is 6.32. The Balaban J connectivity index is 2.51. The highest BCUT2D eigenvalue weighted by atomic mass is 32.2. The van der Waals surface area contributed by atoms with Crippen molar-refractivity contribution in [1.29, 1.82) is 0 Å². The Morgan fingerprint density at radius 2 is 1.78 bits per heavy atom. The zero-order chi connectivity index (χ0) is 13.3. The van der Waals surface area contributed by atoms with Gasteiger partial charge in [-0.1, -0.05) is 26.0 Å². The Morgan fingerprint density at radius 3 is 2.28 bits per heavy atom. The normalized spacial score (nSPS) is 11.8. The van der Waals surface area contributed by atoms with Gasteiger partial charge in [-0.15, -0.1) is 16.9 Å². The summed E-state index contributed by atoms with van der Waals surface area (Å²) >= 11 is 1.72. The largest absolute Gasteiger partial charge is 0.381 e. The molecule has 0 spiro atoms. The van der Waals surface area contributed by atoms with Crippen molar-refractivity contribution in [2.24, 2.45) is 0 Å². The van der Waals surface area contributed by atoms with E-state index in [0.29, 0.717) is 5.82 Å². The van der Waals surface area contributed by atoms with E-state index in [2.05, 4.69) is 49.5 Å². The molecule has 5 heteroatoms. The molecule has 4 nitrogen and oxygen atoms in total.